The lowest BCUT2D eigenvalue weighted by Crippen LogP contribution is -2.08. The van der Waals surface area contributed by atoms with Crippen LogP contribution < -0.4 is 5.32 Å². The van der Waals surface area contributed by atoms with Crippen molar-refractivity contribution in [2.75, 3.05) is 19.0 Å². The predicted molar refractivity (Wildman–Crippen MR) is 73.4 cm³/mol. The van der Waals surface area contributed by atoms with Crippen LogP contribution in [-0.4, -0.2) is 19.6 Å². The average molecular weight is 300 g/mol. The Morgan fingerprint density at radius 2 is 1.94 bits per heavy atom. The molecule has 0 unspecified atom stereocenters. The zero-order valence-corrected chi connectivity index (χ0v) is 12.1. The molecule has 0 radical (unpaired) electrons. The summed E-state index contributed by atoms with van der Waals surface area (Å²) in [4.78, 5) is 10.9. The van der Waals surface area contributed by atoms with Crippen molar-refractivity contribution in [3.05, 3.63) is 27.7 Å². The molecule has 0 amide bonds. The van der Waals surface area contributed by atoms with Crippen molar-refractivity contribution in [3.63, 3.8) is 0 Å². The number of halogens is 1. The van der Waals surface area contributed by atoms with Gasteiger partial charge in [-0.2, -0.15) is 0 Å². The highest BCUT2D eigenvalue weighted by atomic mass is 79.9. The Balaban J connectivity index is 2.50. The van der Waals surface area contributed by atoms with E-state index in [2.05, 4.69) is 52.0 Å². The van der Waals surface area contributed by atoms with Crippen LogP contribution in [0, 0.1) is 13.8 Å². The second-order valence-electron chi connectivity index (χ2n) is 4.02. The van der Waals surface area contributed by atoms with Crippen molar-refractivity contribution >= 4 is 27.6 Å². The van der Waals surface area contributed by atoms with Gasteiger partial charge in [-0.25, -0.2) is 0 Å². The van der Waals surface area contributed by atoms with Gasteiger partial charge in [-0.05, 0) is 43.5 Å². The Morgan fingerprint density at radius 1 is 1.35 bits per heavy atom. The molecule has 0 aliphatic rings. The van der Waals surface area contributed by atoms with Crippen LogP contribution in [0.3, 0.4) is 0 Å². The number of nitrogens with one attached hydrogen (secondary N) is 1. The molecule has 0 atom stereocenters. The number of rotatable bonds is 5. The molecule has 0 spiro atoms. The molecule has 0 aliphatic heterocycles. The molecule has 94 valence electrons. The number of hydrogen-bond acceptors (Lipinski definition) is 3. The van der Waals surface area contributed by atoms with Crippen LogP contribution in [0.1, 0.15) is 24.0 Å². The summed E-state index contributed by atoms with van der Waals surface area (Å²) in [7, 11) is 1.42. The predicted octanol–water partition coefficient (Wildman–Crippen LogP) is 3.43. The Labute approximate surface area is 111 Å². The fourth-order valence-electron chi connectivity index (χ4n) is 1.74. The van der Waals surface area contributed by atoms with Crippen LogP contribution in [0.4, 0.5) is 5.69 Å². The number of esters is 1. The maximum Gasteiger partial charge on any atom is 0.305 e. The van der Waals surface area contributed by atoms with Gasteiger partial charge in [-0.1, -0.05) is 15.9 Å². The van der Waals surface area contributed by atoms with Crippen LogP contribution in [0.25, 0.3) is 0 Å². The van der Waals surface area contributed by atoms with Gasteiger partial charge in [0.15, 0.2) is 0 Å². The van der Waals surface area contributed by atoms with Crippen LogP contribution >= 0.6 is 15.9 Å². The highest BCUT2D eigenvalue weighted by Gasteiger charge is 2.04. The van der Waals surface area contributed by atoms with E-state index < -0.39 is 0 Å². The summed E-state index contributed by atoms with van der Waals surface area (Å²) in [5.74, 6) is -0.156. The summed E-state index contributed by atoms with van der Waals surface area (Å²) in [6.45, 7) is 4.92. The normalized spacial score (nSPS) is 10.1. The van der Waals surface area contributed by atoms with Crippen LogP contribution in [-0.2, 0) is 9.53 Å². The maximum atomic E-state index is 10.9. The lowest BCUT2D eigenvalue weighted by Gasteiger charge is -2.13. The van der Waals surface area contributed by atoms with E-state index in [4.69, 9.17) is 0 Å². The van der Waals surface area contributed by atoms with Crippen molar-refractivity contribution in [2.45, 2.75) is 26.7 Å². The van der Waals surface area contributed by atoms with E-state index in [1.54, 1.807) is 0 Å². The zero-order valence-electron chi connectivity index (χ0n) is 10.5. The first kappa shape index (κ1) is 14.0. The third kappa shape index (κ3) is 4.38. The monoisotopic (exact) mass is 299 g/mol. The summed E-state index contributed by atoms with van der Waals surface area (Å²) < 4.78 is 5.68. The average Bonchev–Trinajstić information content (AvgIpc) is 2.26. The van der Waals surface area contributed by atoms with Gasteiger partial charge in [0.2, 0.25) is 0 Å². The van der Waals surface area contributed by atoms with Gasteiger partial charge in [0.1, 0.15) is 0 Å². The van der Waals surface area contributed by atoms with E-state index >= 15 is 0 Å². The molecule has 0 aliphatic carbocycles. The molecule has 0 bridgehead atoms. The van der Waals surface area contributed by atoms with Gasteiger partial charge in [-0.3, -0.25) is 4.79 Å². The minimum atomic E-state index is -0.156. The molecular formula is C13H18BrNO2. The minimum Gasteiger partial charge on any atom is -0.469 e. The highest BCUT2D eigenvalue weighted by Crippen LogP contribution is 2.24. The SMILES string of the molecule is COC(=O)CCCNc1c(C)cc(Br)cc1C. The van der Waals surface area contributed by atoms with Crippen molar-refractivity contribution < 1.29 is 9.53 Å². The van der Waals surface area contributed by atoms with Gasteiger partial charge in [0, 0.05) is 23.1 Å². The molecule has 1 aromatic carbocycles. The van der Waals surface area contributed by atoms with Gasteiger partial charge >= 0.3 is 5.97 Å². The first-order chi connectivity index (χ1) is 8.04. The molecule has 1 rings (SSSR count). The highest BCUT2D eigenvalue weighted by molar-refractivity contribution is 9.10. The van der Waals surface area contributed by atoms with Gasteiger partial charge in [0.05, 0.1) is 7.11 Å². The van der Waals surface area contributed by atoms with E-state index in [1.807, 2.05) is 0 Å². The topological polar surface area (TPSA) is 38.3 Å². The summed E-state index contributed by atoms with van der Waals surface area (Å²) >= 11 is 3.47. The summed E-state index contributed by atoms with van der Waals surface area (Å²) in [5.41, 5.74) is 3.56. The Bertz CT molecular complexity index is 381. The molecule has 1 aromatic rings. The summed E-state index contributed by atoms with van der Waals surface area (Å²) in [6.07, 6.45) is 1.24. The summed E-state index contributed by atoms with van der Waals surface area (Å²) in [5, 5.41) is 3.36. The van der Waals surface area contributed by atoms with Crippen molar-refractivity contribution in [2.24, 2.45) is 0 Å². The quantitative estimate of drug-likeness (QED) is 0.669. The second-order valence-corrected chi connectivity index (χ2v) is 4.94. The van der Waals surface area contributed by atoms with Gasteiger partial charge in [-0.15, -0.1) is 0 Å². The van der Waals surface area contributed by atoms with Crippen LogP contribution in [0.5, 0.6) is 0 Å². The Morgan fingerprint density at radius 3 is 2.47 bits per heavy atom. The van der Waals surface area contributed by atoms with Gasteiger partial charge < -0.3 is 10.1 Å². The maximum absolute atomic E-state index is 10.9. The van der Waals surface area contributed by atoms with E-state index in [0.717, 1.165) is 23.1 Å². The number of aryl methyl sites for hydroxylation is 2. The lowest BCUT2D eigenvalue weighted by atomic mass is 10.1. The standard InChI is InChI=1S/C13H18BrNO2/c1-9-7-11(14)8-10(2)13(9)15-6-4-5-12(16)17-3/h7-8,15H,4-6H2,1-3H3. The number of benzene rings is 1. The van der Waals surface area contributed by atoms with Crippen LogP contribution in [0.2, 0.25) is 0 Å². The molecular weight excluding hydrogens is 282 g/mol. The molecule has 17 heavy (non-hydrogen) atoms. The molecule has 0 fully saturated rings. The van der Waals surface area contributed by atoms with E-state index in [-0.39, 0.29) is 5.97 Å². The Hall–Kier alpha value is -1.03. The number of carbonyl (C=O) groups is 1. The van der Waals surface area contributed by atoms with E-state index in [9.17, 15) is 4.79 Å². The number of anilines is 1. The zero-order chi connectivity index (χ0) is 12.8. The van der Waals surface area contributed by atoms with E-state index in [0.29, 0.717) is 6.42 Å². The first-order valence-electron chi connectivity index (χ1n) is 5.62. The number of hydrogen-bond donors (Lipinski definition) is 1. The molecule has 0 saturated heterocycles. The fraction of sp³-hybridized carbons (Fsp3) is 0.462. The number of ether oxygens (including phenoxy) is 1. The Kier molecular flexibility index (Phi) is 5.48. The minimum absolute atomic E-state index is 0.156. The smallest absolute Gasteiger partial charge is 0.305 e. The van der Waals surface area contributed by atoms with Crippen molar-refractivity contribution in [1.29, 1.82) is 0 Å². The number of methoxy groups -OCH3 is 1. The van der Waals surface area contributed by atoms with Gasteiger partial charge in [0.25, 0.3) is 0 Å². The third-order valence-electron chi connectivity index (χ3n) is 2.58. The lowest BCUT2D eigenvalue weighted by molar-refractivity contribution is -0.140. The number of carbonyl (C=O) groups excluding carboxylic acids is 1. The summed E-state index contributed by atoms with van der Waals surface area (Å²) in [6, 6.07) is 4.16. The molecule has 0 aromatic heterocycles. The molecule has 3 nitrogen and oxygen atoms in total. The molecule has 0 saturated carbocycles. The van der Waals surface area contributed by atoms with E-state index in [1.165, 1.54) is 18.2 Å². The largest absolute Gasteiger partial charge is 0.469 e. The first-order valence-corrected chi connectivity index (χ1v) is 6.41. The van der Waals surface area contributed by atoms with Crippen molar-refractivity contribution in [3.8, 4) is 0 Å². The third-order valence-corrected chi connectivity index (χ3v) is 3.04. The fourth-order valence-corrected chi connectivity index (χ4v) is 2.42. The second kappa shape index (κ2) is 6.64. The molecule has 1 N–H and O–H groups in total. The van der Waals surface area contributed by atoms with Crippen LogP contribution in [0.15, 0.2) is 16.6 Å². The molecule has 0 heterocycles. The molecule has 4 heteroatoms. The van der Waals surface area contributed by atoms with Crippen molar-refractivity contribution in [1.82, 2.24) is 0 Å².